The number of benzene rings is 5. The van der Waals surface area contributed by atoms with E-state index in [4.69, 9.17) is 4.74 Å². The molecule has 0 atom stereocenters. The van der Waals surface area contributed by atoms with Gasteiger partial charge in [0, 0.05) is 11.9 Å². The van der Waals surface area contributed by atoms with Gasteiger partial charge in [-0.3, -0.25) is 4.57 Å². The Kier molecular flexibility index (Phi) is 7.23. The van der Waals surface area contributed by atoms with Crippen LogP contribution in [0.15, 0.2) is 115 Å². The van der Waals surface area contributed by atoms with Crippen molar-refractivity contribution >= 4 is 21.8 Å². The van der Waals surface area contributed by atoms with Crippen molar-refractivity contribution in [1.29, 1.82) is 0 Å². The van der Waals surface area contributed by atoms with Gasteiger partial charge in [0.05, 0.1) is 17.0 Å². The van der Waals surface area contributed by atoms with Crippen LogP contribution in [0.1, 0.15) is 11.1 Å². The summed E-state index contributed by atoms with van der Waals surface area (Å²) in [7, 11) is 0. The summed E-state index contributed by atoms with van der Waals surface area (Å²) in [5.74, 6) is 1.65. The molecule has 3 heterocycles. The van der Waals surface area contributed by atoms with Gasteiger partial charge in [-0.05, 0) is 42.8 Å². The third kappa shape index (κ3) is 4.84. The average molecular weight is 708 g/mol. The topological polar surface area (TPSA) is 30.9 Å². The number of hydrogen-bond donors (Lipinski definition) is 0. The van der Waals surface area contributed by atoms with Crippen LogP contribution in [0.4, 0.5) is 0 Å². The van der Waals surface area contributed by atoms with E-state index in [2.05, 4.69) is 88.9 Å². The minimum atomic E-state index is 0. The number of nitrogens with zero attached hydrogens (tertiary/aromatic N) is 3. The molecule has 0 N–H and O–H groups in total. The van der Waals surface area contributed by atoms with Crippen LogP contribution < -0.4 is 9.30 Å². The Morgan fingerprint density at radius 2 is 1.56 bits per heavy atom. The summed E-state index contributed by atoms with van der Waals surface area (Å²) in [5.41, 5.74) is 8.59. The molecule has 0 saturated carbocycles. The molecule has 0 amide bonds. The number of aryl methyl sites for hydroxylation is 2. The van der Waals surface area contributed by atoms with Gasteiger partial charge in [-0.15, -0.1) is 64.9 Å². The number of rotatable bonds is 2. The van der Waals surface area contributed by atoms with E-state index in [9.17, 15) is 0 Å². The summed E-state index contributed by atoms with van der Waals surface area (Å²) < 4.78 is 10.5. The standard InChI is InChI=1S/C25H17N2O.C11H8N.Ir/c1-16-7-5-8-17(2)24(16)26-15-27-21-13-18-9-3-4-10-19(18)14-23(21)28-22-12-6-11-20(26)25(22)27;1-2-6-10(7-3-1)11-8-4-5-9-12-11;/h3-12,14H,1-2H3;1-6,8-9H;/q2*-1;+3. The molecule has 0 saturated heterocycles. The molecule has 41 heavy (non-hydrogen) atoms. The summed E-state index contributed by atoms with van der Waals surface area (Å²) in [6, 6.07) is 43.2. The molecule has 0 aliphatic carbocycles. The average Bonchev–Trinajstić information content (AvgIpc) is 3.38. The van der Waals surface area contributed by atoms with Crippen LogP contribution in [0.2, 0.25) is 0 Å². The van der Waals surface area contributed by atoms with Gasteiger partial charge >= 0.3 is 20.1 Å². The van der Waals surface area contributed by atoms with Crippen LogP contribution in [0.3, 0.4) is 0 Å². The molecular weight excluding hydrogens is 683 g/mol. The zero-order chi connectivity index (χ0) is 27.1. The van der Waals surface area contributed by atoms with Crippen molar-refractivity contribution in [1.82, 2.24) is 9.55 Å². The Bertz CT molecular complexity index is 1940. The van der Waals surface area contributed by atoms with E-state index in [1.807, 2.05) is 66.7 Å². The number of fused-ring (bicyclic) bond motifs is 3. The Morgan fingerprint density at radius 3 is 2.34 bits per heavy atom. The molecular formula is C36H25IrN3O+. The second-order valence-corrected chi connectivity index (χ2v) is 9.80. The maximum absolute atomic E-state index is 6.28. The Labute approximate surface area is 252 Å². The first kappa shape index (κ1) is 26.6. The molecule has 198 valence electrons. The van der Waals surface area contributed by atoms with Gasteiger partial charge in [-0.1, -0.05) is 60.7 Å². The van der Waals surface area contributed by atoms with Gasteiger partial charge in [-0.25, -0.2) is 0 Å². The Hall–Kier alpha value is -4.57. The van der Waals surface area contributed by atoms with Crippen molar-refractivity contribution in [2.24, 2.45) is 0 Å². The Morgan fingerprint density at radius 1 is 0.780 bits per heavy atom. The predicted octanol–water partition coefficient (Wildman–Crippen LogP) is 7.93. The molecule has 0 radical (unpaired) electrons. The zero-order valence-electron chi connectivity index (χ0n) is 22.6. The van der Waals surface area contributed by atoms with Crippen molar-refractivity contribution in [3.05, 3.63) is 145 Å². The van der Waals surface area contributed by atoms with Crippen LogP contribution in [0.5, 0.6) is 11.5 Å². The van der Waals surface area contributed by atoms with E-state index >= 15 is 0 Å². The molecule has 0 bridgehead atoms. The fourth-order valence-electron chi connectivity index (χ4n) is 5.27. The first-order chi connectivity index (χ1) is 19.7. The predicted molar refractivity (Wildman–Crippen MR) is 158 cm³/mol. The van der Waals surface area contributed by atoms with Gasteiger partial charge in [0.25, 0.3) is 6.33 Å². The fraction of sp³-hybridized carbons (Fsp3) is 0.0556. The minimum absolute atomic E-state index is 0. The van der Waals surface area contributed by atoms with Crippen molar-refractivity contribution in [3.63, 3.8) is 0 Å². The van der Waals surface area contributed by atoms with E-state index in [1.165, 1.54) is 11.1 Å². The molecule has 0 spiro atoms. The summed E-state index contributed by atoms with van der Waals surface area (Å²) in [6.45, 7) is 4.28. The van der Waals surface area contributed by atoms with Crippen LogP contribution in [-0.4, -0.2) is 9.55 Å². The van der Waals surface area contributed by atoms with Gasteiger partial charge in [0.1, 0.15) is 11.3 Å². The van der Waals surface area contributed by atoms with Crippen molar-refractivity contribution in [2.45, 2.75) is 13.8 Å². The number of pyridine rings is 1. The smallest absolute Gasteiger partial charge is 0.509 e. The maximum atomic E-state index is 6.28. The van der Waals surface area contributed by atoms with Crippen LogP contribution in [0, 0.1) is 32.3 Å². The van der Waals surface area contributed by atoms with E-state index in [-0.39, 0.29) is 20.1 Å². The van der Waals surface area contributed by atoms with Gasteiger partial charge < -0.3 is 14.3 Å². The van der Waals surface area contributed by atoms with Crippen LogP contribution >= 0.6 is 0 Å². The van der Waals surface area contributed by atoms with Crippen molar-refractivity contribution in [3.8, 4) is 34.1 Å². The number of imidazole rings is 1. The summed E-state index contributed by atoms with van der Waals surface area (Å²) in [4.78, 5) is 4.22. The summed E-state index contributed by atoms with van der Waals surface area (Å²) in [6.07, 6.45) is 5.36. The van der Waals surface area contributed by atoms with Gasteiger partial charge in [0.15, 0.2) is 0 Å². The quantitative estimate of drug-likeness (QED) is 0.135. The second-order valence-electron chi connectivity index (χ2n) is 9.80. The van der Waals surface area contributed by atoms with Crippen molar-refractivity contribution < 1.29 is 29.4 Å². The molecule has 7 aromatic rings. The van der Waals surface area contributed by atoms with E-state index in [0.29, 0.717) is 0 Å². The molecule has 5 heteroatoms. The van der Waals surface area contributed by atoms with Crippen LogP contribution in [-0.2, 0) is 20.1 Å². The molecule has 1 aliphatic rings. The number of para-hydroxylation sites is 2. The Balaban J connectivity index is 0.000000196. The molecule has 1 aliphatic heterocycles. The third-order valence-electron chi connectivity index (χ3n) is 7.13. The minimum Gasteiger partial charge on any atom is -0.509 e. The van der Waals surface area contributed by atoms with Gasteiger partial charge in [0.2, 0.25) is 0 Å². The molecule has 2 aromatic heterocycles. The van der Waals surface area contributed by atoms with E-state index in [0.717, 1.165) is 55.9 Å². The summed E-state index contributed by atoms with van der Waals surface area (Å²) in [5, 5.41) is 2.18. The van der Waals surface area contributed by atoms with E-state index < -0.39 is 0 Å². The molecule has 0 unspecified atom stereocenters. The summed E-state index contributed by atoms with van der Waals surface area (Å²) >= 11 is 0. The molecule has 8 rings (SSSR count). The zero-order valence-corrected chi connectivity index (χ0v) is 24.9. The van der Waals surface area contributed by atoms with Gasteiger partial charge in [-0.2, -0.15) is 0 Å². The molecule has 0 fully saturated rings. The normalized spacial score (nSPS) is 11.2. The molecule has 4 nitrogen and oxygen atoms in total. The fourth-order valence-corrected chi connectivity index (χ4v) is 5.27. The first-order valence-electron chi connectivity index (χ1n) is 13.2. The number of hydrogen-bond acceptors (Lipinski definition) is 2. The SMILES string of the molecule is Cc1cccc(C)c1-n1[c-][n+]2c3c(cccc31)Oc1cc3ccccc3[c-]c1-2.[Ir+3].[c-]1ccccc1-c1ccccn1. The molecule has 5 aromatic carbocycles. The van der Waals surface area contributed by atoms with Crippen molar-refractivity contribution in [2.75, 3.05) is 0 Å². The van der Waals surface area contributed by atoms with E-state index in [1.54, 1.807) is 6.20 Å². The largest absolute Gasteiger partial charge is 3.00 e. The third-order valence-corrected chi connectivity index (χ3v) is 7.13. The number of aromatic nitrogens is 3. The monoisotopic (exact) mass is 708 g/mol. The first-order valence-corrected chi connectivity index (χ1v) is 13.2. The maximum Gasteiger partial charge on any atom is 3.00 e. The number of ether oxygens (including phenoxy) is 1. The van der Waals surface area contributed by atoms with Crippen LogP contribution in [0.25, 0.3) is 44.4 Å². The second kappa shape index (κ2) is 11.1.